The van der Waals surface area contributed by atoms with Crippen LogP contribution in [-0.4, -0.2) is 26.2 Å². The average Bonchev–Trinajstić information content (AvgIpc) is 2.62. The number of benzene rings is 2. The maximum atomic E-state index is 9.01. The third-order valence-electron chi connectivity index (χ3n) is 4.34. The van der Waals surface area contributed by atoms with E-state index >= 15 is 0 Å². The molecule has 2 aromatic rings. The van der Waals surface area contributed by atoms with Crippen molar-refractivity contribution in [3.05, 3.63) is 47.5 Å². The lowest BCUT2D eigenvalue weighted by Gasteiger charge is -2.29. The smallest absolute Gasteiger partial charge is 0.133 e. The molecule has 23 heavy (non-hydrogen) atoms. The lowest BCUT2D eigenvalue weighted by Crippen LogP contribution is -2.43. The van der Waals surface area contributed by atoms with Crippen molar-refractivity contribution in [1.29, 1.82) is 10.5 Å². The van der Waals surface area contributed by atoms with Crippen LogP contribution in [0.3, 0.4) is 0 Å². The van der Waals surface area contributed by atoms with Crippen LogP contribution in [0, 0.1) is 22.7 Å². The van der Waals surface area contributed by atoms with Crippen molar-refractivity contribution in [2.45, 2.75) is 6.92 Å². The number of hydrogen-bond acceptors (Lipinski definition) is 4. The number of allylic oxidation sites excluding steroid dienone is 2. The number of hydrogen-bond donors (Lipinski definition) is 1. The van der Waals surface area contributed by atoms with Crippen molar-refractivity contribution in [3.8, 4) is 12.1 Å². The second-order valence-corrected chi connectivity index (χ2v) is 5.71. The van der Waals surface area contributed by atoms with Gasteiger partial charge in [0.15, 0.2) is 0 Å². The maximum absolute atomic E-state index is 9.01. The Morgan fingerprint density at radius 1 is 1.00 bits per heavy atom. The Morgan fingerprint density at radius 3 is 2.35 bits per heavy atom. The molecule has 0 atom stereocenters. The fourth-order valence-corrected chi connectivity index (χ4v) is 2.92. The Bertz CT molecular complexity index is 830. The predicted octanol–water partition coefficient (Wildman–Crippen LogP) is 3.07. The summed E-state index contributed by atoms with van der Waals surface area (Å²) in [6.07, 6.45) is 0. The number of nitriles is 2. The van der Waals surface area contributed by atoms with E-state index in [-0.39, 0.29) is 5.57 Å². The zero-order valence-corrected chi connectivity index (χ0v) is 13.1. The molecule has 0 aliphatic carbocycles. The number of fused-ring (bicyclic) bond motifs is 1. The molecule has 0 amide bonds. The standard InChI is InChI=1S/C19H18N4/c1-14(18(12-20)13-21)15-2-3-17-11-19(5-4-16(17)10-15)23-8-6-22-7-9-23/h2-5,10-11,22H,6-9H2,1H3. The fraction of sp³-hybridized carbons (Fsp3) is 0.263. The summed E-state index contributed by atoms with van der Waals surface area (Å²) in [5, 5.41) is 23.7. The van der Waals surface area contributed by atoms with Crippen molar-refractivity contribution < 1.29 is 0 Å². The van der Waals surface area contributed by atoms with E-state index in [0.29, 0.717) is 0 Å². The summed E-state index contributed by atoms with van der Waals surface area (Å²) >= 11 is 0. The zero-order valence-electron chi connectivity index (χ0n) is 13.1. The number of nitrogens with one attached hydrogen (secondary N) is 1. The van der Waals surface area contributed by atoms with Crippen LogP contribution in [0.1, 0.15) is 12.5 Å². The van der Waals surface area contributed by atoms with Gasteiger partial charge in [0.25, 0.3) is 0 Å². The summed E-state index contributed by atoms with van der Waals surface area (Å²) in [5.74, 6) is 0. The molecule has 4 nitrogen and oxygen atoms in total. The van der Waals surface area contributed by atoms with Gasteiger partial charge >= 0.3 is 0 Å². The van der Waals surface area contributed by atoms with Crippen molar-refractivity contribution in [2.75, 3.05) is 31.1 Å². The molecule has 1 aliphatic heterocycles. The summed E-state index contributed by atoms with van der Waals surface area (Å²) in [6.45, 7) is 5.91. The Hall–Kier alpha value is -2.82. The third kappa shape index (κ3) is 3.04. The number of nitrogens with zero attached hydrogens (tertiary/aromatic N) is 3. The lowest BCUT2D eigenvalue weighted by atomic mass is 9.99. The van der Waals surface area contributed by atoms with Gasteiger partial charge in [0.05, 0.1) is 0 Å². The van der Waals surface area contributed by atoms with Gasteiger partial charge < -0.3 is 10.2 Å². The van der Waals surface area contributed by atoms with Gasteiger partial charge in [-0.05, 0) is 47.0 Å². The minimum atomic E-state index is 0.168. The Morgan fingerprint density at radius 2 is 1.65 bits per heavy atom. The number of anilines is 1. The molecule has 0 bridgehead atoms. The molecule has 1 fully saturated rings. The molecule has 2 aromatic carbocycles. The van der Waals surface area contributed by atoms with Gasteiger partial charge in [0.2, 0.25) is 0 Å². The SMILES string of the molecule is CC(=C(C#N)C#N)c1ccc2cc(N3CCNCC3)ccc2c1. The van der Waals surface area contributed by atoms with Gasteiger partial charge in [-0.15, -0.1) is 0 Å². The van der Waals surface area contributed by atoms with E-state index < -0.39 is 0 Å². The first-order valence-corrected chi connectivity index (χ1v) is 7.74. The minimum Gasteiger partial charge on any atom is -0.369 e. The van der Waals surface area contributed by atoms with Crippen LogP contribution in [0.2, 0.25) is 0 Å². The highest BCUT2D eigenvalue weighted by Gasteiger charge is 2.11. The van der Waals surface area contributed by atoms with Crippen LogP contribution >= 0.6 is 0 Å². The Balaban J connectivity index is 1.98. The maximum Gasteiger partial charge on any atom is 0.133 e. The van der Waals surface area contributed by atoms with Crippen LogP contribution in [-0.2, 0) is 0 Å². The molecular weight excluding hydrogens is 284 g/mol. The summed E-state index contributed by atoms with van der Waals surface area (Å²) in [5.41, 5.74) is 3.06. The molecule has 1 N–H and O–H groups in total. The van der Waals surface area contributed by atoms with E-state index in [1.165, 1.54) is 11.1 Å². The molecule has 0 unspecified atom stereocenters. The molecule has 1 saturated heterocycles. The number of piperazine rings is 1. The van der Waals surface area contributed by atoms with Crippen LogP contribution in [0.5, 0.6) is 0 Å². The first-order chi connectivity index (χ1) is 11.2. The molecule has 1 aliphatic rings. The fourth-order valence-electron chi connectivity index (χ4n) is 2.92. The van der Waals surface area contributed by atoms with Crippen molar-refractivity contribution >= 4 is 22.0 Å². The summed E-state index contributed by atoms with van der Waals surface area (Å²) in [4.78, 5) is 2.39. The second kappa shape index (κ2) is 6.52. The third-order valence-corrected chi connectivity index (χ3v) is 4.34. The van der Waals surface area contributed by atoms with E-state index in [0.717, 1.165) is 42.7 Å². The summed E-state index contributed by atoms with van der Waals surface area (Å²) < 4.78 is 0. The molecule has 1 heterocycles. The molecule has 3 rings (SSSR count). The number of rotatable bonds is 2. The van der Waals surface area contributed by atoms with E-state index in [9.17, 15) is 0 Å². The van der Waals surface area contributed by atoms with Gasteiger partial charge in [-0.2, -0.15) is 10.5 Å². The van der Waals surface area contributed by atoms with Crippen molar-refractivity contribution in [3.63, 3.8) is 0 Å². The molecular formula is C19H18N4. The molecule has 114 valence electrons. The van der Waals surface area contributed by atoms with Gasteiger partial charge in [-0.1, -0.05) is 18.2 Å². The zero-order chi connectivity index (χ0) is 16.2. The van der Waals surface area contributed by atoms with Crippen LogP contribution in [0.4, 0.5) is 5.69 Å². The molecule has 4 heteroatoms. The van der Waals surface area contributed by atoms with E-state index in [4.69, 9.17) is 10.5 Å². The molecule has 0 saturated carbocycles. The first kappa shape index (κ1) is 15.1. The van der Waals surface area contributed by atoms with Crippen molar-refractivity contribution in [1.82, 2.24) is 5.32 Å². The minimum absolute atomic E-state index is 0.168. The van der Waals surface area contributed by atoms with Crippen molar-refractivity contribution in [2.24, 2.45) is 0 Å². The topological polar surface area (TPSA) is 62.9 Å². The highest BCUT2D eigenvalue weighted by atomic mass is 15.2. The van der Waals surface area contributed by atoms with Crippen LogP contribution in [0.15, 0.2) is 42.0 Å². The predicted molar refractivity (Wildman–Crippen MR) is 92.9 cm³/mol. The lowest BCUT2D eigenvalue weighted by molar-refractivity contribution is 0.589. The normalized spacial score (nSPS) is 14.1. The van der Waals surface area contributed by atoms with Crippen LogP contribution in [0.25, 0.3) is 16.3 Å². The Labute approximate surface area is 136 Å². The second-order valence-electron chi connectivity index (χ2n) is 5.71. The Kier molecular flexibility index (Phi) is 4.28. The highest BCUT2D eigenvalue weighted by Crippen LogP contribution is 2.26. The van der Waals surface area contributed by atoms with Gasteiger partial charge in [0, 0.05) is 31.9 Å². The van der Waals surface area contributed by atoms with Gasteiger partial charge in [-0.3, -0.25) is 0 Å². The average molecular weight is 302 g/mol. The summed E-state index contributed by atoms with van der Waals surface area (Å²) in [7, 11) is 0. The van der Waals surface area contributed by atoms with E-state index in [1.807, 2.05) is 31.2 Å². The first-order valence-electron chi connectivity index (χ1n) is 7.74. The molecule has 0 spiro atoms. The van der Waals surface area contributed by atoms with Gasteiger partial charge in [-0.25, -0.2) is 0 Å². The van der Waals surface area contributed by atoms with Gasteiger partial charge in [0.1, 0.15) is 17.7 Å². The molecule has 0 radical (unpaired) electrons. The largest absolute Gasteiger partial charge is 0.369 e. The van der Waals surface area contributed by atoms with Crippen LogP contribution < -0.4 is 10.2 Å². The van der Waals surface area contributed by atoms with E-state index in [2.05, 4.69) is 34.5 Å². The summed E-state index contributed by atoms with van der Waals surface area (Å²) in [6, 6.07) is 16.5. The molecule has 0 aromatic heterocycles. The highest BCUT2D eigenvalue weighted by molar-refractivity contribution is 5.89. The monoisotopic (exact) mass is 302 g/mol. The van der Waals surface area contributed by atoms with E-state index in [1.54, 1.807) is 0 Å². The quantitative estimate of drug-likeness (QED) is 0.866.